The van der Waals surface area contributed by atoms with Gasteiger partial charge >= 0.3 is 0 Å². The van der Waals surface area contributed by atoms with Crippen molar-refractivity contribution < 1.29 is 0 Å². The minimum atomic E-state index is 0.187. The molecular formula is C7H6BrNOS. The van der Waals surface area contributed by atoms with Crippen LogP contribution >= 0.6 is 28.6 Å². The number of thiol groups is 1. The molecule has 0 radical (unpaired) electrons. The largest absolute Gasteiger partial charge is 0.150 e. The van der Waals surface area contributed by atoms with E-state index in [0.717, 1.165) is 14.9 Å². The SMILES string of the molecule is O=NCc1ccc(Br)cc1S. The topological polar surface area (TPSA) is 29.4 Å². The molecule has 0 unspecified atom stereocenters. The molecule has 0 bridgehead atoms. The summed E-state index contributed by atoms with van der Waals surface area (Å²) in [6.45, 7) is 0.187. The summed E-state index contributed by atoms with van der Waals surface area (Å²) < 4.78 is 0.956. The number of hydrogen-bond donors (Lipinski definition) is 1. The molecule has 0 saturated carbocycles. The number of hydrogen-bond acceptors (Lipinski definition) is 3. The zero-order chi connectivity index (χ0) is 8.27. The lowest BCUT2D eigenvalue weighted by atomic mass is 10.2. The fourth-order valence-corrected chi connectivity index (χ4v) is 1.56. The molecule has 0 spiro atoms. The molecule has 0 N–H and O–H groups in total. The third kappa shape index (κ3) is 2.31. The van der Waals surface area contributed by atoms with Gasteiger partial charge in [-0.25, -0.2) is 0 Å². The molecule has 0 saturated heterocycles. The van der Waals surface area contributed by atoms with Crippen LogP contribution in [-0.2, 0) is 6.54 Å². The van der Waals surface area contributed by atoms with Crippen molar-refractivity contribution in [1.29, 1.82) is 0 Å². The Morgan fingerprint density at radius 3 is 2.82 bits per heavy atom. The fraction of sp³-hybridized carbons (Fsp3) is 0.143. The summed E-state index contributed by atoms with van der Waals surface area (Å²) in [7, 11) is 0. The van der Waals surface area contributed by atoms with Crippen LogP contribution in [0.25, 0.3) is 0 Å². The van der Waals surface area contributed by atoms with Gasteiger partial charge < -0.3 is 0 Å². The summed E-state index contributed by atoms with van der Waals surface area (Å²) >= 11 is 7.46. The number of nitrogens with zero attached hydrogens (tertiary/aromatic N) is 1. The lowest BCUT2D eigenvalue weighted by Crippen LogP contribution is -1.82. The van der Waals surface area contributed by atoms with Gasteiger partial charge in [-0.2, -0.15) is 4.91 Å². The quantitative estimate of drug-likeness (QED) is 0.616. The summed E-state index contributed by atoms with van der Waals surface area (Å²) in [5, 5.41) is 2.78. The number of halogens is 1. The van der Waals surface area contributed by atoms with E-state index in [-0.39, 0.29) is 6.54 Å². The van der Waals surface area contributed by atoms with Crippen LogP contribution in [0.1, 0.15) is 5.56 Å². The summed E-state index contributed by atoms with van der Waals surface area (Å²) in [4.78, 5) is 10.7. The molecule has 1 aromatic rings. The zero-order valence-electron chi connectivity index (χ0n) is 5.62. The van der Waals surface area contributed by atoms with E-state index in [0.29, 0.717) is 0 Å². The van der Waals surface area contributed by atoms with Gasteiger partial charge in [-0.15, -0.1) is 12.6 Å². The third-order valence-corrected chi connectivity index (χ3v) is 2.19. The van der Waals surface area contributed by atoms with Crippen molar-refractivity contribution >= 4 is 28.6 Å². The first kappa shape index (κ1) is 8.74. The van der Waals surface area contributed by atoms with Gasteiger partial charge in [0.1, 0.15) is 6.54 Å². The van der Waals surface area contributed by atoms with E-state index in [1.54, 1.807) is 0 Å². The molecule has 2 nitrogen and oxygen atoms in total. The average molecular weight is 232 g/mol. The molecule has 0 aliphatic carbocycles. The van der Waals surface area contributed by atoms with Crippen LogP contribution in [0.4, 0.5) is 0 Å². The number of benzene rings is 1. The molecule has 0 amide bonds. The Bertz CT molecular complexity index is 277. The van der Waals surface area contributed by atoms with E-state index in [4.69, 9.17) is 0 Å². The Hall–Kier alpha value is -0.350. The van der Waals surface area contributed by atoms with Crippen molar-refractivity contribution in [2.75, 3.05) is 0 Å². The van der Waals surface area contributed by atoms with Crippen LogP contribution in [0.3, 0.4) is 0 Å². The van der Waals surface area contributed by atoms with Crippen molar-refractivity contribution in [3.63, 3.8) is 0 Å². The van der Waals surface area contributed by atoms with Gasteiger partial charge in [-0.05, 0) is 17.7 Å². The van der Waals surface area contributed by atoms with E-state index >= 15 is 0 Å². The highest BCUT2D eigenvalue weighted by Gasteiger charge is 1.98. The minimum Gasteiger partial charge on any atom is -0.150 e. The Balaban J connectivity index is 2.98. The van der Waals surface area contributed by atoms with Crippen molar-refractivity contribution in [3.8, 4) is 0 Å². The van der Waals surface area contributed by atoms with Crippen molar-refractivity contribution in [3.05, 3.63) is 33.1 Å². The van der Waals surface area contributed by atoms with Gasteiger partial charge in [0.05, 0.1) is 0 Å². The highest BCUT2D eigenvalue weighted by atomic mass is 79.9. The maximum Gasteiger partial charge on any atom is 0.107 e. The second-order valence-electron chi connectivity index (χ2n) is 2.06. The lowest BCUT2D eigenvalue weighted by Gasteiger charge is -1.99. The number of rotatable bonds is 2. The molecule has 0 fully saturated rings. The molecule has 11 heavy (non-hydrogen) atoms. The average Bonchev–Trinajstić information content (AvgIpc) is 1.95. The Kier molecular flexibility index (Phi) is 3.08. The van der Waals surface area contributed by atoms with Crippen molar-refractivity contribution in [2.45, 2.75) is 11.4 Å². The first-order valence-corrected chi connectivity index (χ1v) is 4.24. The minimum absolute atomic E-state index is 0.187. The highest BCUT2D eigenvalue weighted by Crippen LogP contribution is 2.20. The van der Waals surface area contributed by atoms with Gasteiger partial charge in [0, 0.05) is 9.37 Å². The van der Waals surface area contributed by atoms with Crippen LogP contribution in [-0.4, -0.2) is 0 Å². The van der Waals surface area contributed by atoms with E-state index in [1.807, 2.05) is 18.2 Å². The van der Waals surface area contributed by atoms with Crippen LogP contribution in [0.5, 0.6) is 0 Å². The molecule has 0 atom stereocenters. The summed E-state index contributed by atoms with van der Waals surface area (Å²) in [6, 6.07) is 5.53. The monoisotopic (exact) mass is 231 g/mol. The molecule has 0 heterocycles. The molecule has 58 valence electrons. The zero-order valence-corrected chi connectivity index (χ0v) is 8.10. The number of nitroso groups, excluding NO2 is 1. The summed E-state index contributed by atoms with van der Waals surface area (Å²) in [5.74, 6) is 0. The van der Waals surface area contributed by atoms with Gasteiger partial charge in [0.15, 0.2) is 0 Å². The van der Waals surface area contributed by atoms with Gasteiger partial charge in [0.25, 0.3) is 0 Å². The van der Waals surface area contributed by atoms with E-state index in [9.17, 15) is 4.91 Å². The van der Waals surface area contributed by atoms with Crippen LogP contribution in [0.2, 0.25) is 0 Å². The van der Waals surface area contributed by atoms with Gasteiger partial charge in [-0.1, -0.05) is 27.2 Å². The first-order valence-electron chi connectivity index (χ1n) is 3.00. The molecule has 4 heteroatoms. The lowest BCUT2D eigenvalue weighted by molar-refractivity contribution is 1.01. The normalized spacial score (nSPS) is 9.64. The second kappa shape index (κ2) is 3.88. The molecule has 1 rings (SSSR count). The molecule has 0 aliphatic rings. The van der Waals surface area contributed by atoms with E-state index in [1.165, 1.54) is 0 Å². The maximum atomic E-state index is 9.92. The molecule has 1 aromatic carbocycles. The van der Waals surface area contributed by atoms with Crippen LogP contribution in [0.15, 0.2) is 32.7 Å². The van der Waals surface area contributed by atoms with Crippen LogP contribution < -0.4 is 0 Å². The molecule has 0 aromatic heterocycles. The smallest absolute Gasteiger partial charge is 0.107 e. The molecule has 0 aliphatic heterocycles. The first-order chi connectivity index (χ1) is 5.24. The Labute approximate surface area is 78.5 Å². The highest BCUT2D eigenvalue weighted by molar-refractivity contribution is 9.10. The second-order valence-corrected chi connectivity index (χ2v) is 3.46. The summed E-state index contributed by atoms with van der Waals surface area (Å²) in [6.07, 6.45) is 0. The van der Waals surface area contributed by atoms with Gasteiger partial charge in [-0.3, -0.25) is 0 Å². The van der Waals surface area contributed by atoms with Crippen molar-refractivity contribution in [1.82, 2.24) is 0 Å². The maximum absolute atomic E-state index is 9.92. The van der Waals surface area contributed by atoms with Crippen LogP contribution in [0, 0.1) is 4.91 Å². The van der Waals surface area contributed by atoms with Crippen molar-refractivity contribution in [2.24, 2.45) is 5.18 Å². The van der Waals surface area contributed by atoms with E-state index < -0.39 is 0 Å². The standard InChI is InChI=1S/C7H6BrNOS/c8-6-2-1-5(4-9-10)7(11)3-6/h1-3,11H,4H2. The van der Waals surface area contributed by atoms with Gasteiger partial charge in [0.2, 0.25) is 0 Å². The summed E-state index contributed by atoms with van der Waals surface area (Å²) in [5.41, 5.74) is 0.853. The Morgan fingerprint density at radius 2 is 2.27 bits per heavy atom. The predicted octanol–water partition coefficient (Wildman–Crippen LogP) is 3.00. The fourth-order valence-electron chi connectivity index (χ4n) is 0.740. The third-order valence-electron chi connectivity index (χ3n) is 1.28. The van der Waals surface area contributed by atoms with E-state index in [2.05, 4.69) is 33.7 Å². The molecular weight excluding hydrogens is 226 g/mol. The Morgan fingerprint density at radius 1 is 1.55 bits per heavy atom. The predicted molar refractivity (Wildman–Crippen MR) is 50.9 cm³/mol.